The van der Waals surface area contributed by atoms with Gasteiger partial charge in [0.05, 0.1) is 5.41 Å². The van der Waals surface area contributed by atoms with Gasteiger partial charge in [-0.05, 0) is 192 Å². The van der Waals surface area contributed by atoms with Crippen molar-refractivity contribution in [3.8, 4) is 0 Å². The van der Waals surface area contributed by atoms with Gasteiger partial charge in [0.25, 0.3) is 0 Å². The lowest BCUT2D eigenvalue weighted by Gasteiger charge is -2.47. The van der Waals surface area contributed by atoms with Crippen LogP contribution >= 0.6 is 0 Å². The van der Waals surface area contributed by atoms with E-state index in [0.717, 1.165) is 77.0 Å². The highest BCUT2D eigenvalue weighted by atomic mass is 14.6. The van der Waals surface area contributed by atoms with Crippen LogP contribution in [0.4, 0.5) is 0 Å². The van der Waals surface area contributed by atoms with Crippen LogP contribution < -0.4 is 0 Å². The number of allylic oxidation sites excluding steroid dienone is 36. The monoisotopic (exact) mass is 833 g/mol. The molecule has 11 aliphatic carbocycles. The van der Waals surface area contributed by atoms with Crippen molar-refractivity contribution in [2.75, 3.05) is 0 Å². The first-order chi connectivity index (χ1) is 31.5. The summed E-state index contributed by atoms with van der Waals surface area (Å²) in [5.74, 6) is 2.90. The van der Waals surface area contributed by atoms with Gasteiger partial charge in [-0.1, -0.05) is 177 Å². The Morgan fingerprint density at radius 2 is 1.41 bits per heavy atom. The molecule has 11 aliphatic rings. The van der Waals surface area contributed by atoms with Crippen LogP contribution in [0.15, 0.2) is 220 Å². The van der Waals surface area contributed by atoms with E-state index in [0.29, 0.717) is 35.5 Å². The molecule has 320 valence electrons. The Hall–Kier alpha value is -5.46. The van der Waals surface area contributed by atoms with Gasteiger partial charge in [-0.3, -0.25) is 0 Å². The molecule has 12 rings (SSSR count). The second kappa shape index (κ2) is 16.2. The third kappa shape index (κ3) is 6.29. The largest absolute Gasteiger partial charge is 0.0839 e. The molecule has 0 amide bonds. The van der Waals surface area contributed by atoms with Gasteiger partial charge >= 0.3 is 0 Å². The van der Waals surface area contributed by atoms with Crippen LogP contribution in [0.3, 0.4) is 0 Å². The molecule has 0 aliphatic heterocycles. The second-order valence-corrected chi connectivity index (χ2v) is 20.7. The first-order valence-electron chi connectivity index (χ1n) is 25.1. The zero-order chi connectivity index (χ0) is 42.8. The summed E-state index contributed by atoms with van der Waals surface area (Å²) in [6.07, 6.45) is 75.6. The van der Waals surface area contributed by atoms with Crippen LogP contribution in [0, 0.1) is 40.9 Å². The number of benzene rings is 1. The Kier molecular flexibility index (Phi) is 10.1. The zero-order valence-electron chi connectivity index (χ0n) is 38.1. The number of hydrogen-bond donors (Lipinski definition) is 0. The lowest BCUT2D eigenvalue weighted by atomic mass is 9.56. The molecule has 0 N–H and O–H groups in total. The van der Waals surface area contributed by atoms with E-state index in [1.807, 2.05) is 0 Å². The summed E-state index contributed by atoms with van der Waals surface area (Å²) < 4.78 is 0. The summed E-state index contributed by atoms with van der Waals surface area (Å²) in [5.41, 5.74) is 20.9. The highest BCUT2D eigenvalue weighted by Crippen LogP contribution is 2.66. The molecular weight excluding hydrogens is 769 g/mol. The maximum absolute atomic E-state index is 2.75. The average Bonchev–Trinajstić information content (AvgIpc) is 3.83. The van der Waals surface area contributed by atoms with Crippen LogP contribution in [0.2, 0.25) is 0 Å². The van der Waals surface area contributed by atoms with Gasteiger partial charge in [-0.2, -0.15) is 0 Å². The molecule has 0 nitrogen and oxygen atoms in total. The van der Waals surface area contributed by atoms with Gasteiger partial charge in [0.1, 0.15) is 0 Å². The maximum Gasteiger partial charge on any atom is 0.0522 e. The molecule has 0 fully saturated rings. The van der Waals surface area contributed by atoms with Crippen LogP contribution in [0.5, 0.6) is 0 Å². The van der Waals surface area contributed by atoms with Crippen molar-refractivity contribution in [1.29, 1.82) is 0 Å². The van der Waals surface area contributed by atoms with Crippen molar-refractivity contribution in [3.05, 3.63) is 237 Å². The van der Waals surface area contributed by atoms with Gasteiger partial charge < -0.3 is 0 Å². The third-order valence-electron chi connectivity index (χ3n) is 17.3. The lowest BCUT2D eigenvalue weighted by Crippen LogP contribution is -2.39. The fourth-order valence-electron chi connectivity index (χ4n) is 14.2. The second-order valence-electron chi connectivity index (χ2n) is 20.7. The summed E-state index contributed by atoms with van der Waals surface area (Å²) in [5, 5.41) is 0. The van der Waals surface area contributed by atoms with Crippen molar-refractivity contribution in [2.24, 2.45) is 40.9 Å². The van der Waals surface area contributed by atoms with Gasteiger partial charge in [0.2, 0.25) is 0 Å². The van der Waals surface area contributed by atoms with E-state index in [2.05, 4.69) is 184 Å². The quantitative estimate of drug-likeness (QED) is 0.257. The van der Waals surface area contributed by atoms with E-state index >= 15 is 0 Å². The SMILES string of the molecule is CC1=CCC(C2(C3=CCC(C4C=CC=CC4)C=C3)C3=C(CCC(c4ccc5c(c4)C(C4=CCC(C)C=C4)(C4C=CC(C6=CCCC=C6)=CC4)C4=C5CCC=C4)=C3)C3=CC=CCC32)C=C1. The third-order valence-corrected chi connectivity index (χ3v) is 17.3. The number of hydrogen-bond acceptors (Lipinski definition) is 0. The van der Waals surface area contributed by atoms with Gasteiger partial charge in [0.15, 0.2) is 0 Å². The van der Waals surface area contributed by atoms with Gasteiger partial charge in [-0.15, -0.1) is 0 Å². The summed E-state index contributed by atoms with van der Waals surface area (Å²) in [4.78, 5) is 0. The standard InChI is InChI=1S/C64H64/c1-43-21-31-51(32-22-43)63(53-35-25-47(26-36-53)45-13-5-3-6-14-45)59-19-11-9-17-55(59)57-39-29-49(41-61(57)63)50-30-40-58-56-18-10-12-20-60(56)64(62(58)42-50,52-33-23-44(2)24-34-52)54-37-27-48(28-38-54)46-15-7-4-8-16-46/h3,5-7,9,11-13,15-17,20-23,25,27-28,30-31,33-37,40-42,44-45,47,51,54,59H,4,8,10,14,18-19,24,26,29,32,38-39H2,1-2H3. The van der Waals surface area contributed by atoms with E-state index in [1.54, 1.807) is 39.0 Å². The molecule has 1 aromatic rings. The van der Waals surface area contributed by atoms with Crippen molar-refractivity contribution in [1.82, 2.24) is 0 Å². The molecule has 0 spiro atoms. The van der Waals surface area contributed by atoms with E-state index in [9.17, 15) is 0 Å². The molecule has 0 saturated carbocycles. The molecule has 0 radical (unpaired) electrons. The Morgan fingerprint density at radius 1 is 0.562 bits per heavy atom. The molecule has 1 aromatic carbocycles. The molecular formula is C64H64. The van der Waals surface area contributed by atoms with Crippen LogP contribution in [-0.2, 0) is 5.41 Å². The number of rotatable bonds is 7. The van der Waals surface area contributed by atoms with Gasteiger partial charge in [0, 0.05) is 11.3 Å². The zero-order valence-corrected chi connectivity index (χ0v) is 38.1. The fraction of sp³-hybridized carbons (Fsp3) is 0.344. The average molecular weight is 833 g/mol. The minimum Gasteiger partial charge on any atom is -0.0839 e. The van der Waals surface area contributed by atoms with Crippen LogP contribution in [-0.4, -0.2) is 0 Å². The molecule has 0 heterocycles. The summed E-state index contributed by atoms with van der Waals surface area (Å²) in [6, 6.07) is 7.78. The van der Waals surface area contributed by atoms with Crippen molar-refractivity contribution < 1.29 is 0 Å². The van der Waals surface area contributed by atoms with Crippen molar-refractivity contribution >= 4 is 11.1 Å². The Balaban J connectivity index is 0.995. The first-order valence-corrected chi connectivity index (χ1v) is 25.1. The highest BCUT2D eigenvalue weighted by Gasteiger charge is 2.56. The van der Waals surface area contributed by atoms with E-state index < -0.39 is 0 Å². The van der Waals surface area contributed by atoms with Crippen molar-refractivity contribution in [3.63, 3.8) is 0 Å². The Morgan fingerprint density at radius 3 is 2.19 bits per heavy atom. The summed E-state index contributed by atoms with van der Waals surface area (Å²) in [6.45, 7) is 4.65. The summed E-state index contributed by atoms with van der Waals surface area (Å²) >= 11 is 0. The minimum atomic E-state index is -0.222. The lowest BCUT2D eigenvalue weighted by molar-refractivity contribution is 0.243. The molecule has 0 heteroatoms. The molecule has 0 bridgehead atoms. The first kappa shape index (κ1) is 40.1. The Labute approximate surface area is 383 Å². The topological polar surface area (TPSA) is 0 Å². The predicted octanol–water partition coefficient (Wildman–Crippen LogP) is 16.5. The van der Waals surface area contributed by atoms with Crippen LogP contribution in [0.25, 0.3) is 11.1 Å². The molecule has 8 atom stereocenters. The normalized spacial score (nSPS) is 34.4. The van der Waals surface area contributed by atoms with Crippen LogP contribution in [0.1, 0.15) is 108 Å². The van der Waals surface area contributed by atoms with E-state index in [1.165, 1.54) is 39.0 Å². The predicted molar refractivity (Wildman–Crippen MR) is 271 cm³/mol. The molecule has 8 unspecified atom stereocenters. The molecule has 64 heavy (non-hydrogen) atoms. The number of fused-ring (bicyclic) bond motifs is 4. The van der Waals surface area contributed by atoms with E-state index in [4.69, 9.17) is 0 Å². The molecule has 0 saturated heterocycles. The maximum atomic E-state index is 2.75. The van der Waals surface area contributed by atoms with E-state index in [-0.39, 0.29) is 10.8 Å². The minimum absolute atomic E-state index is 0.102. The fourth-order valence-corrected chi connectivity index (χ4v) is 14.2. The smallest absolute Gasteiger partial charge is 0.0522 e. The molecule has 0 aromatic heterocycles. The summed E-state index contributed by atoms with van der Waals surface area (Å²) in [7, 11) is 0. The Bertz CT molecular complexity index is 2760. The van der Waals surface area contributed by atoms with Crippen molar-refractivity contribution in [2.45, 2.75) is 96.3 Å². The highest BCUT2D eigenvalue weighted by molar-refractivity contribution is 5.89. The van der Waals surface area contributed by atoms with Gasteiger partial charge in [-0.25, -0.2) is 0 Å².